The summed E-state index contributed by atoms with van der Waals surface area (Å²) in [7, 11) is 1.77. The van der Waals surface area contributed by atoms with Crippen LogP contribution in [0, 0.1) is 0 Å². The Bertz CT molecular complexity index is 952. The lowest BCUT2D eigenvalue weighted by Gasteiger charge is -2.21. The quantitative estimate of drug-likeness (QED) is 0.566. The molecule has 0 fully saturated rings. The molecule has 1 aliphatic heterocycles. The maximum atomic E-state index is 6.02. The number of guanidine groups is 1. The van der Waals surface area contributed by atoms with Gasteiger partial charge in [0.25, 0.3) is 0 Å². The Morgan fingerprint density at radius 2 is 2.15 bits per heavy atom. The number of anilines is 1. The van der Waals surface area contributed by atoms with Crippen molar-refractivity contribution in [1.82, 2.24) is 15.5 Å². The second-order valence-corrected chi connectivity index (χ2v) is 6.39. The fourth-order valence-corrected chi connectivity index (χ4v) is 3.27. The molecule has 0 radical (unpaired) electrons. The number of aliphatic imine (C=N–C) groups is 1. The van der Waals surface area contributed by atoms with Crippen LogP contribution >= 0.6 is 11.6 Å². The Hall–Kier alpha value is -2.86. The first-order chi connectivity index (χ1) is 12.7. The molecule has 6 nitrogen and oxygen atoms in total. The first-order valence-electron chi connectivity index (χ1n) is 8.39. The van der Waals surface area contributed by atoms with Gasteiger partial charge in [0.1, 0.15) is 0 Å². The summed E-state index contributed by atoms with van der Waals surface area (Å²) in [5.41, 5.74) is 3.34. The van der Waals surface area contributed by atoms with Gasteiger partial charge in [-0.15, -0.1) is 0 Å². The van der Waals surface area contributed by atoms with Crippen molar-refractivity contribution < 1.29 is 4.52 Å². The van der Waals surface area contributed by atoms with Crippen LogP contribution in [0.15, 0.2) is 58.0 Å². The third-order valence-electron chi connectivity index (χ3n) is 4.30. The number of hydrogen-bond acceptors (Lipinski definition) is 4. The zero-order chi connectivity index (χ0) is 17.9. The van der Waals surface area contributed by atoms with Gasteiger partial charge in [-0.25, -0.2) is 0 Å². The van der Waals surface area contributed by atoms with E-state index in [0.717, 1.165) is 24.5 Å². The number of para-hydroxylation sites is 1. The van der Waals surface area contributed by atoms with E-state index in [9.17, 15) is 0 Å². The van der Waals surface area contributed by atoms with Gasteiger partial charge in [-0.2, -0.15) is 4.98 Å². The van der Waals surface area contributed by atoms with Crippen molar-refractivity contribution in [1.29, 1.82) is 0 Å². The second kappa shape index (κ2) is 7.17. The summed E-state index contributed by atoms with van der Waals surface area (Å²) in [6, 6.07) is 15.7. The van der Waals surface area contributed by atoms with E-state index in [1.54, 1.807) is 7.05 Å². The Balaban J connectivity index is 1.46. The minimum absolute atomic E-state index is 0.402. The molecular formula is C19H18ClN5O. The second-order valence-electron chi connectivity index (χ2n) is 5.95. The number of hydrogen-bond donors (Lipinski definition) is 1. The van der Waals surface area contributed by atoms with E-state index in [1.165, 1.54) is 11.3 Å². The van der Waals surface area contributed by atoms with E-state index in [4.69, 9.17) is 16.1 Å². The van der Waals surface area contributed by atoms with Gasteiger partial charge < -0.3 is 14.7 Å². The average molecular weight is 368 g/mol. The highest BCUT2D eigenvalue weighted by atomic mass is 35.5. The Labute approximate surface area is 156 Å². The van der Waals surface area contributed by atoms with Crippen molar-refractivity contribution in [2.45, 2.75) is 13.0 Å². The fourth-order valence-electron chi connectivity index (χ4n) is 3.08. The molecule has 132 valence electrons. The fraction of sp³-hybridized carbons (Fsp3) is 0.211. The largest absolute Gasteiger partial charge is 0.347 e. The topological polar surface area (TPSA) is 66.5 Å². The molecule has 1 aliphatic rings. The normalized spacial score (nSPS) is 13.8. The van der Waals surface area contributed by atoms with E-state index < -0.39 is 0 Å². The Morgan fingerprint density at radius 3 is 3.00 bits per heavy atom. The van der Waals surface area contributed by atoms with Crippen molar-refractivity contribution in [3.63, 3.8) is 0 Å². The molecule has 0 amide bonds. The molecule has 2 heterocycles. The number of nitrogens with one attached hydrogen (secondary N) is 1. The summed E-state index contributed by atoms with van der Waals surface area (Å²) in [5.74, 6) is 1.80. The summed E-state index contributed by atoms with van der Waals surface area (Å²) < 4.78 is 5.35. The van der Waals surface area contributed by atoms with Crippen LogP contribution in [0.25, 0.3) is 11.4 Å². The predicted molar refractivity (Wildman–Crippen MR) is 102 cm³/mol. The lowest BCUT2D eigenvalue weighted by atomic mass is 10.2. The van der Waals surface area contributed by atoms with Crippen LogP contribution in [0.1, 0.15) is 11.5 Å². The van der Waals surface area contributed by atoms with Crippen LogP contribution in [0.5, 0.6) is 0 Å². The number of aromatic nitrogens is 2. The third-order valence-corrected chi connectivity index (χ3v) is 4.54. The molecule has 0 bridgehead atoms. The number of halogens is 1. The maximum Gasteiger partial charge on any atom is 0.246 e. The lowest BCUT2D eigenvalue weighted by Crippen LogP contribution is -2.40. The van der Waals surface area contributed by atoms with Crippen LogP contribution in [0.3, 0.4) is 0 Å². The maximum absolute atomic E-state index is 6.02. The van der Waals surface area contributed by atoms with Crippen molar-refractivity contribution >= 4 is 23.2 Å². The SMILES string of the molecule is CN=C(NCc1nc(-c2cccc(Cl)c2)no1)N1CCc2ccccc21. The van der Waals surface area contributed by atoms with E-state index in [0.29, 0.717) is 23.3 Å². The van der Waals surface area contributed by atoms with Crippen molar-refractivity contribution in [3.8, 4) is 11.4 Å². The first-order valence-corrected chi connectivity index (χ1v) is 8.77. The molecule has 1 N–H and O–H groups in total. The molecule has 0 aliphatic carbocycles. The number of benzene rings is 2. The highest BCUT2D eigenvalue weighted by Gasteiger charge is 2.22. The van der Waals surface area contributed by atoms with Gasteiger partial charge in [0, 0.05) is 29.9 Å². The van der Waals surface area contributed by atoms with Crippen LogP contribution in [-0.4, -0.2) is 29.7 Å². The van der Waals surface area contributed by atoms with E-state index in [1.807, 2.05) is 30.3 Å². The highest BCUT2D eigenvalue weighted by Crippen LogP contribution is 2.27. The first kappa shape index (κ1) is 16.6. The Morgan fingerprint density at radius 1 is 1.27 bits per heavy atom. The molecular weight excluding hydrogens is 350 g/mol. The van der Waals surface area contributed by atoms with Gasteiger partial charge >= 0.3 is 0 Å². The molecule has 3 aromatic rings. The minimum atomic E-state index is 0.402. The molecule has 2 aromatic carbocycles. The molecule has 0 unspecified atom stereocenters. The van der Waals surface area contributed by atoms with Crippen LogP contribution in [0.2, 0.25) is 5.02 Å². The number of nitrogens with zero attached hydrogens (tertiary/aromatic N) is 4. The van der Waals surface area contributed by atoms with Crippen LogP contribution in [0.4, 0.5) is 5.69 Å². The van der Waals surface area contributed by atoms with E-state index in [2.05, 4.69) is 43.5 Å². The minimum Gasteiger partial charge on any atom is -0.347 e. The monoisotopic (exact) mass is 367 g/mol. The molecule has 0 atom stereocenters. The summed E-state index contributed by atoms with van der Waals surface area (Å²) >= 11 is 6.02. The van der Waals surface area contributed by atoms with E-state index in [-0.39, 0.29) is 0 Å². The van der Waals surface area contributed by atoms with Gasteiger partial charge in [-0.3, -0.25) is 4.99 Å². The number of fused-ring (bicyclic) bond motifs is 1. The summed E-state index contributed by atoms with van der Waals surface area (Å²) in [6.45, 7) is 1.30. The number of rotatable bonds is 3. The van der Waals surface area contributed by atoms with Gasteiger partial charge in [0.2, 0.25) is 11.7 Å². The average Bonchev–Trinajstić information content (AvgIpc) is 3.30. The molecule has 26 heavy (non-hydrogen) atoms. The van der Waals surface area contributed by atoms with Crippen LogP contribution < -0.4 is 10.2 Å². The zero-order valence-corrected chi connectivity index (χ0v) is 15.1. The lowest BCUT2D eigenvalue weighted by molar-refractivity contribution is 0.375. The van der Waals surface area contributed by atoms with Crippen molar-refractivity contribution in [2.24, 2.45) is 4.99 Å². The molecule has 0 spiro atoms. The van der Waals surface area contributed by atoms with E-state index >= 15 is 0 Å². The third kappa shape index (κ3) is 3.28. The summed E-state index contributed by atoms with van der Waals surface area (Å²) in [6.07, 6.45) is 1.01. The summed E-state index contributed by atoms with van der Waals surface area (Å²) in [4.78, 5) is 11.0. The highest BCUT2D eigenvalue weighted by molar-refractivity contribution is 6.30. The van der Waals surface area contributed by atoms with Gasteiger partial charge in [-0.05, 0) is 30.2 Å². The molecule has 4 rings (SSSR count). The van der Waals surface area contributed by atoms with Crippen molar-refractivity contribution in [2.75, 3.05) is 18.5 Å². The molecule has 0 saturated heterocycles. The predicted octanol–water partition coefficient (Wildman–Crippen LogP) is 3.53. The van der Waals surface area contributed by atoms with Gasteiger partial charge in [-0.1, -0.05) is 47.1 Å². The molecule has 1 aromatic heterocycles. The Kier molecular flexibility index (Phi) is 4.58. The van der Waals surface area contributed by atoms with Gasteiger partial charge in [0.15, 0.2) is 5.96 Å². The molecule has 0 saturated carbocycles. The van der Waals surface area contributed by atoms with Crippen molar-refractivity contribution in [3.05, 3.63) is 65.0 Å². The standard InChI is InChI=1S/C19H18ClN5O/c1-21-19(25-10-9-13-5-2-3-8-16(13)25)22-12-17-23-18(24-26-17)14-6-4-7-15(20)11-14/h2-8,11H,9-10,12H2,1H3,(H,21,22). The zero-order valence-electron chi connectivity index (χ0n) is 14.3. The summed E-state index contributed by atoms with van der Waals surface area (Å²) in [5, 5.41) is 7.96. The molecule has 7 heteroatoms. The van der Waals surface area contributed by atoms with Crippen LogP contribution in [-0.2, 0) is 13.0 Å². The van der Waals surface area contributed by atoms with Gasteiger partial charge in [0.05, 0.1) is 6.54 Å². The smallest absolute Gasteiger partial charge is 0.246 e.